The van der Waals surface area contributed by atoms with Crippen molar-refractivity contribution in [1.82, 2.24) is 24.8 Å². The predicted molar refractivity (Wildman–Crippen MR) is 106 cm³/mol. The summed E-state index contributed by atoms with van der Waals surface area (Å²) in [7, 11) is 0. The number of nitrogens with zero attached hydrogens (tertiary/aromatic N) is 4. The van der Waals surface area contributed by atoms with E-state index in [1.165, 1.54) is 4.88 Å². The number of carbonyl (C=O) groups is 1. The topological polar surface area (TPSA) is 72.7 Å². The number of amides is 1. The summed E-state index contributed by atoms with van der Waals surface area (Å²) in [6.45, 7) is 5.42. The van der Waals surface area contributed by atoms with Crippen molar-refractivity contribution < 1.29 is 4.79 Å². The summed E-state index contributed by atoms with van der Waals surface area (Å²) < 4.78 is 2.08. The molecule has 3 heterocycles. The van der Waals surface area contributed by atoms with Crippen LogP contribution < -0.4 is 5.32 Å². The maximum atomic E-state index is 12.6. The number of nitrogens with one attached hydrogen (secondary N) is 1. The Balaban J connectivity index is 1.35. The van der Waals surface area contributed by atoms with Crippen molar-refractivity contribution in [1.29, 1.82) is 0 Å². The molecule has 7 heteroatoms. The van der Waals surface area contributed by atoms with Crippen molar-refractivity contribution >= 4 is 17.2 Å². The molecular weight excluding hydrogens is 358 g/mol. The molecule has 1 N–H and O–H groups in total. The fourth-order valence-electron chi connectivity index (χ4n) is 3.43. The van der Waals surface area contributed by atoms with Gasteiger partial charge in [0.05, 0.1) is 17.7 Å². The van der Waals surface area contributed by atoms with E-state index in [9.17, 15) is 4.79 Å². The normalized spacial score (nSPS) is 16.1. The van der Waals surface area contributed by atoms with E-state index in [2.05, 4.69) is 26.8 Å². The maximum absolute atomic E-state index is 12.6. The minimum absolute atomic E-state index is 0.00973. The summed E-state index contributed by atoms with van der Waals surface area (Å²) >= 11 is 1.74. The van der Waals surface area contributed by atoms with E-state index >= 15 is 0 Å². The number of aryl methyl sites for hydroxylation is 2. The number of thiazole rings is 1. The predicted octanol–water partition coefficient (Wildman–Crippen LogP) is 2.94. The lowest BCUT2D eigenvalue weighted by Gasteiger charge is -2.20. The van der Waals surface area contributed by atoms with Crippen LogP contribution in [-0.2, 0) is 24.2 Å². The van der Waals surface area contributed by atoms with Crippen LogP contribution in [0.4, 0.5) is 0 Å². The van der Waals surface area contributed by atoms with Gasteiger partial charge in [-0.15, -0.1) is 11.3 Å². The maximum Gasteiger partial charge on any atom is 0.223 e. The van der Waals surface area contributed by atoms with Crippen molar-refractivity contribution in [2.24, 2.45) is 5.92 Å². The molecule has 140 valence electrons. The second-order valence-electron chi connectivity index (χ2n) is 6.96. The van der Waals surface area contributed by atoms with Gasteiger partial charge < -0.3 is 9.88 Å². The Hall–Kier alpha value is -2.54. The van der Waals surface area contributed by atoms with Crippen LogP contribution in [0.1, 0.15) is 28.4 Å². The third-order valence-corrected chi connectivity index (χ3v) is 6.44. The Morgan fingerprint density at radius 1 is 1.33 bits per heavy atom. The van der Waals surface area contributed by atoms with Crippen LogP contribution in [0.5, 0.6) is 0 Å². The zero-order chi connectivity index (χ0) is 18.8. The third-order valence-electron chi connectivity index (χ3n) is 5.23. The average Bonchev–Trinajstić information content (AvgIpc) is 3.26. The Bertz CT molecular complexity index is 947. The second kappa shape index (κ2) is 7.60. The standard InChI is InChI=1S/C20H23N5OS/c1-13-14(2)25(12-23-13)10-9-22-19(26)16-3-4-18-17(11-16)24-20(27-18)15-5-7-21-8-6-15/h5-8,12,16H,3-4,9-11H2,1-2H3,(H,22,26). The van der Waals surface area contributed by atoms with Gasteiger partial charge in [0.25, 0.3) is 0 Å². The van der Waals surface area contributed by atoms with Gasteiger partial charge in [-0.05, 0) is 38.8 Å². The van der Waals surface area contributed by atoms with Crippen LogP contribution in [0.2, 0.25) is 0 Å². The number of pyridine rings is 1. The zero-order valence-corrected chi connectivity index (χ0v) is 16.4. The molecular formula is C20H23N5OS. The highest BCUT2D eigenvalue weighted by atomic mass is 32.1. The number of rotatable bonds is 5. The Kier molecular flexibility index (Phi) is 5.03. The third kappa shape index (κ3) is 3.78. The summed E-state index contributed by atoms with van der Waals surface area (Å²) in [5.74, 6) is 0.143. The first kappa shape index (κ1) is 17.9. The summed E-state index contributed by atoms with van der Waals surface area (Å²) in [6, 6.07) is 3.96. The molecule has 27 heavy (non-hydrogen) atoms. The van der Waals surface area contributed by atoms with Gasteiger partial charge >= 0.3 is 0 Å². The van der Waals surface area contributed by atoms with Gasteiger partial charge in [-0.3, -0.25) is 9.78 Å². The summed E-state index contributed by atoms with van der Waals surface area (Å²) in [6.07, 6.45) is 7.95. The zero-order valence-electron chi connectivity index (χ0n) is 15.6. The van der Waals surface area contributed by atoms with Gasteiger partial charge in [0.1, 0.15) is 5.01 Å². The van der Waals surface area contributed by atoms with E-state index < -0.39 is 0 Å². The summed E-state index contributed by atoms with van der Waals surface area (Å²) in [4.78, 5) is 27.1. The lowest BCUT2D eigenvalue weighted by atomic mass is 9.90. The van der Waals surface area contributed by atoms with E-state index in [1.807, 2.05) is 25.4 Å². The molecule has 0 aromatic carbocycles. The van der Waals surface area contributed by atoms with Gasteiger partial charge in [0.15, 0.2) is 0 Å². The SMILES string of the molecule is Cc1ncn(CCNC(=O)C2CCc3sc(-c4ccncc4)nc3C2)c1C. The highest BCUT2D eigenvalue weighted by Crippen LogP contribution is 2.34. The molecule has 1 aliphatic carbocycles. The quantitative estimate of drug-likeness (QED) is 0.737. The number of imidazole rings is 1. The molecule has 3 aromatic heterocycles. The van der Waals surface area contributed by atoms with Crippen LogP contribution >= 0.6 is 11.3 Å². The first-order valence-corrected chi connectivity index (χ1v) is 10.1. The van der Waals surface area contributed by atoms with Crippen molar-refractivity contribution in [2.45, 2.75) is 39.7 Å². The number of carbonyl (C=O) groups excluding carboxylic acids is 1. The first-order chi connectivity index (χ1) is 13.1. The molecule has 6 nitrogen and oxygen atoms in total. The molecule has 0 saturated carbocycles. The Labute approximate surface area is 162 Å². The molecule has 0 fully saturated rings. The molecule has 1 aliphatic rings. The van der Waals surface area contributed by atoms with E-state index in [-0.39, 0.29) is 11.8 Å². The van der Waals surface area contributed by atoms with Crippen LogP contribution in [0, 0.1) is 19.8 Å². The molecule has 1 amide bonds. The van der Waals surface area contributed by atoms with Gasteiger partial charge in [0.2, 0.25) is 5.91 Å². The van der Waals surface area contributed by atoms with Crippen LogP contribution in [0.3, 0.4) is 0 Å². The highest BCUT2D eigenvalue weighted by Gasteiger charge is 2.27. The summed E-state index contributed by atoms with van der Waals surface area (Å²) in [5, 5.41) is 4.11. The second-order valence-corrected chi connectivity index (χ2v) is 8.05. The molecule has 0 aliphatic heterocycles. The van der Waals surface area contributed by atoms with E-state index in [1.54, 1.807) is 23.7 Å². The monoisotopic (exact) mass is 381 g/mol. The Morgan fingerprint density at radius 2 is 2.15 bits per heavy atom. The fourth-order valence-corrected chi connectivity index (χ4v) is 4.54. The van der Waals surface area contributed by atoms with Gasteiger partial charge in [-0.2, -0.15) is 0 Å². The van der Waals surface area contributed by atoms with Crippen molar-refractivity contribution in [3.05, 3.63) is 52.8 Å². The molecule has 0 spiro atoms. The molecule has 3 aromatic rings. The number of hydrogen-bond acceptors (Lipinski definition) is 5. The highest BCUT2D eigenvalue weighted by molar-refractivity contribution is 7.15. The summed E-state index contributed by atoms with van der Waals surface area (Å²) in [5.41, 5.74) is 4.36. The van der Waals surface area contributed by atoms with Crippen LogP contribution in [-0.4, -0.2) is 32.0 Å². The minimum atomic E-state index is 0.00973. The van der Waals surface area contributed by atoms with E-state index in [0.717, 1.165) is 53.5 Å². The molecule has 0 radical (unpaired) electrons. The van der Waals surface area contributed by atoms with Gasteiger partial charge in [-0.1, -0.05) is 0 Å². The lowest BCUT2D eigenvalue weighted by Crippen LogP contribution is -2.35. The van der Waals surface area contributed by atoms with Crippen molar-refractivity contribution in [3.63, 3.8) is 0 Å². The number of fused-ring (bicyclic) bond motifs is 1. The van der Waals surface area contributed by atoms with E-state index in [0.29, 0.717) is 6.54 Å². The molecule has 4 rings (SSSR count). The van der Waals surface area contributed by atoms with Gasteiger partial charge in [0, 0.05) is 54.0 Å². The molecule has 0 saturated heterocycles. The van der Waals surface area contributed by atoms with E-state index in [4.69, 9.17) is 4.98 Å². The number of aromatic nitrogens is 4. The average molecular weight is 382 g/mol. The van der Waals surface area contributed by atoms with Gasteiger partial charge in [-0.25, -0.2) is 9.97 Å². The molecule has 0 bridgehead atoms. The van der Waals surface area contributed by atoms with Crippen molar-refractivity contribution in [2.75, 3.05) is 6.54 Å². The molecule has 1 unspecified atom stereocenters. The first-order valence-electron chi connectivity index (χ1n) is 9.27. The van der Waals surface area contributed by atoms with Crippen molar-refractivity contribution in [3.8, 4) is 10.6 Å². The largest absolute Gasteiger partial charge is 0.354 e. The lowest BCUT2D eigenvalue weighted by molar-refractivity contribution is -0.125. The smallest absolute Gasteiger partial charge is 0.223 e. The number of hydrogen-bond donors (Lipinski definition) is 1. The fraction of sp³-hybridized carbons (Fsp3) is 0.400. The minimum Gasteiger partial charge on any atom is -0.354 e. The Morgan fingerprint density at radius 3 is 2.89 bits per heavy atom. The van der Waals surface area contributed by atoms with Crippen LogP contribution in [0.15, 0.2) is 30.9 Å². The molecule has 1 atom stereocenters. The van der Waals surface area contributed by atoms with Crippen LogP contribution in [0.25, 0.3) is 10.6 Å².